The average molecular weight is 306 g/mol. The van der Waals surface area contributed by atoms with Gasteiger partial charge in [-0.05, 0) is 36.8 Å². The molecular formula is C16H13Cl2NO. The molecule has 0 heterocycles. The molecule has 0 saturated heterocycles. The van der Waals surface area contributed by atoms with Gasteiger partial charge in [0.05, 0.1) is 0 Å². The number of carbonyl (C=O) groups excluding carboxylic acids is 1. The van der Waals surface area contributed by atoms with E-state index in [1.807, 2.05) is 31.2 Å². The van der Waals surface area contributed by atoms with E-state index in [1.54, 1.807) is 24.3 Å². The monoisotopic (exact) mass is 305 g/mol. The van der Waals surface area contributed by atoms with Gasteiger partial charge in [0.15, 0.2) is 0 Å². The SMILES string of the molecule is Cc1ccccc1NC(=O)/C=C/c1c(Cl)cccc1Cl. The fourth-order valence-corrected chi connectivity index (χ4v) is 2.24. The summed E-state index contributed by atoms with van der Waals surface area (Å²) in [5.41, 5.74) is 2.42. The minimum Gasteiger partial charge on any atom is -0.322 e. The van der Waals surface area contributed by atoms with Crippen molar-refractivity contribution in [1.29, 1.82) is 0 Å². The number of nitrogens with one attached hydrogen (secondary N) is 1. The highest BCUT2D eigenvalue weighted by atomic mass is 35.5. The van der Waals surface area contributed by atoms with Crippen LogP contribution in [0, 0.1) is 6.92 Å². The smallest absolute Gasteiger partial charge is 0.248 e. The second-order valence-electron chi connectivity index (χ2n) is 4.27. The van der Waals surface area contributed by atoms with Gasteiger partial charge in [0.25, 0.3) is 0 Å². The minimum atomic E-state index is -0.227. The first-order valence-corrected chi connectivity index (χ1v) is 6.82. The molecule has 2 aromatic rings. The van der Waals surface area contributed by atoms with Crippen LogP contribution in [-0.2, 0) is 4.79 Å². The van der Waals surface area contributed by atoms with Crippen LogP contribution in [0.15, 0.2) is 48.5 Å². The number of carbonyl (C=O) groups is 1. The second-order valence-corrected chi connectivity index (χ2v) is 5.09. The van der Waals surface area contributed by atoms with Crippen LogP contribution < -0.4 is 5.32 Å². The Labute approximate surface area is 128 Å². The lowest BCUT2D eigenvalue weighted by Crippen LogP contribution is -2.08. The third-order valence-corrected chi connectivity index (χ3v) is 3.46. The molecule has 0 radical (unpaired) electrons. The van der Waals surface area contributed by atoms with Crippen LogP contribution in [0.4, 0.5) is 5.69 Å². The molecule has 0 saturated carbocycles. The van der Waals surface area contributed by atoms with Gasteiger partial charge in [-0.3, -0.25) is 4.79 Å². The van der Waals surface area contributed by atoms with Crippen LogP contribution >= 0.6 is 23.2 Å². The van der Waals surface area contributed by atoms with E-state index >= 15 is 0 Å². The number of para-hydroxylation sites is 1. The topological polar surface area (TPSA) is 29.1 Å². The zero-order chi connectivity index (χ0) is 14.5. The maximum atomic E-state index is 11.9. The standard InChI is InChI=1S/C16H13Cl2NO/c1-11-5-2-3-8-15(11)19-16(20)10-9-12-13(17)6-4-7-14(12)18/h2-10H,1H3,(H,19,20)/b10-9+. The molecule has 0 bridgehead atoms. The van der Waals surface area contributed by atoms with Gasteiger partial charge in [-0.2, -0.15) is 0 Å². The Morgan fingerprint density at radius 3 is 2.35 bits per heavy atom. The molecule has 20 heavy (non-hydrogen) atoms. The summed E-state index contributed by atoms with van der Waals surface area (Å²) in [4.78, 5) is 11.9. The molecule has 0 spiro atoms. The van der Waals surface area contributed by atoms with E-state index in [0.29, 0.717) is 15.6 Å². The van der Waals surface area contributed by atoms with Gasteiger partial charge in [0, 0.05) is 27.4 Å². The molecule has 2 rings (SSSR count). The van der Waals surface area contributed by atoms with Crippen molar-refractivity contribution in [3.8, 4) is 0 Å². The number of aryl methyl sites for hydroxylation is 1. The van der Waals surface area contributed by atoms with E-state index < -0.39 is 0 Å². The number of hydrogen-bond acceptors (Lipinski definition) is 1. The highest BCUT2D eigenvalue weighted by Gasteiger charge is 2.04. The van der Waals surface area contributed by atoms with Crippen molar-refractivity contribution >= 4 is 40.9 Å². The van der Waals surface area contributed by atoms with Gasteiger partial charge in [-0.25, -0.2) is 0 Å². The van der Waals surface area contributed by atoms with E-state index in [2.05, 4.69) is 5.32 Å². The van der Waals surface area contributed by atoms with Crippen molar-refractivity contribution < 1.29 is 4.79 Å². The molecule has 0 unspecified atom stereocenters. The Morgan fingerprint density at radius 1 is 1.05 bits per heavy atom. The van der Waals surface area contributed by atoms with Gasteiger partial charge in [-0.1, -0.05) is 47.5 Å². The fourth-order valence-electron chi connectivity index (χ4n) is 1.72. The Kier molecular flexibility index (Phi) is 4.83. The van der Waals surface area contributed by atoms with E-state index in [0.717, 1.165) is 11.3 Å². The Hall–Kier alpha value is -1.77. The van der Waals surface area contributed by atoms with E-state index in [1.165, 1.54) is 6.08 Å². The van der Waals surface area contributed by atoms with Crippen molar-refractivity contribution in [3.05, 3.63) is 69.7 Å². The third-order valence-electron chi connectivity index (χ3n) is 2.80. The zero-order valence-corrected chi connectivity index (χ0v) is 12.4. The number of halogens is 2. The van der Waals surface area contributed by atoms with Crippen molar-refractivity contribution in [2.75, 3.05) is 5.32 Å². The van der Waals surface area contributed by atoms with Gasteiger partial charge in [-0.15, -0.1) is 0 Å². The Bertz CT molecular complexity index is 645. The molecule has 0 aliphatic carbocycles. The van der Waals surface area contributed by atoms with Crippen LogP contribution in [0.1, 0.15) is 11.1 Å². The van der Waals surface area contributed by atoms with Gasteiger partial charge in [0.1, 0.15) is 0 Å². The molecule has 1 amide bonds. The highest BCUT2D eigenvalue weighted by Crippen LogP contribution is 2.25. The summed E-state index contributed by atoms with van der Waals surface area (Å²) in [5.74, 6) is -0.227. The van der Waals surface area contributed by atoms with Gasteiger partial charge >= 0.3 is 0 Å². The third kappa shape index (κ3) is 3.62. The van der Waals surface area contributed by atoms with Gasteiger partial charge in [0.2, 0.25) is 5.91 Å². The van der Waals surface area contributed by atoms with Crippen molar-refractivity contribution in [3.63, 3.8) is 0 Å². The van der Waals surface area contributed by atoms with Gasteiger partial charge < -0.3 is 5.32 Å². The molecule has 0 aromatic heterocycles. The molecule has 2 nitrogen and oxygen atoms in total. The normalized spacial score (nSPS) is 10.8. The van der Waals surface area contributed by atoms with Crippen LogP contribution in [0.3, 0.4) is 0 Å². The predicted octanol–water partition coefficient (Wildman–Crippen LogP) is 4.95. The summed E-state index contributed by atoms with van der Waals surface area (Å²) < 4.78 is 0. The summed E-state index contributed by atoms with van der Waals surface area (Å²) >= 11 is 12.1. The van der Waals surface area contributed by atoms with E-state index in [-0.39, 0.29) is 5.91 Å². The number of anilines is 1. The number of hydrogen-bond donors (Lipinski definition) is 1. The summed E-state index contributed by atoms with van der Waals surface area (Å²) in [6, 6.07) is 12.8. The molecule has 1 N–H and O–H groups in total. The van der Waals surface area contributed by atoms with E-state index in [4.69, 9.17) is 23.2 Å². The molecule has 2 aromatic carbocycles. The van der Waals surface area contributed by atoms with Crippen LogP contribution in [-0.4, -0.2) is 5.91 Å². The largest absolute Gasteiger partial charge is 0.322 e. The van der Waals surface area contributed by atoms with E-state index in [9.17, 15) is 4.79 Å². The van der Waals surface area contributed by atoms with Crippen molar-refractivity contribution in [1.82, 2.24) is 0 Å². The molecular weight excluding hydrogens is 293 g/mol. The Balaban J connectivity index is 2.12. The van der Waals surface area contributed by atoms with Crippen LogP contribution in [0.25, 0.3) is 6.08 Å². The lowest BCUT2D eigenvalue weighted by atomic mass is 10.2. The number of benzene rings is 2. The first kappa shape index (κ1) is 14.6. The van der Waals surface area contributed by atoms with Crippen LogP contribution in [0.2, 0.25) is 10.0 Å². The molecule has 0 aliphatic rings. The molecule has 0 aliphatic heterocycles. The van der Waals surface area contributed by atoms with Crippen molar-refractivity contribution in [2.24, 2.45) is 0 Å². The van der Waals surface area contributed by atoms with Crippen molar-refractivity contribution in [2.45, 2.75) is 6.92 Å². The lowest BCUT2D eigenvalue weighted by molar-refractivity contribution is -0.111. The number of amides is 1. The minimum absolute atomic E-state index is 0.227. The Morgan fingerprint density at radius 2 is 1.70 bits per heavy atom. The van der Waals surface area contributed by atoms with Crippen LogP contribution in [0.5, 0.6) is 0 Å². The maximum Gasteiger partial charge on any atom is 0.248 e. The second kappa shape index (κ2) is 6.60. The number of rotatable bonds is 3. The average Bonchev–Trinajstić information content (AvgIpc) is 2.41. The first-order valence-electron chi connectivity index (χ1n) is 6.06. The summed E-state index contributed by atoms with van der Waals surface area (Å²) in [6.45, 7) is 1.93. The summed E-state index contributed by atoms with van der Waals surface area (Å²) in [5, 5.41) is 3.83. The molecule has 0 fully saturated rings. The maximum absolute atomic E-state index is 11.9. The zero-order valence-electron chi connectivity index (χ0n) is 10.9. The highest BCUT2D eigenvalue weighted by molar-refractivity contribution is 6.37. The lowest BCUT2D eigenvalue weighted by Gasteiger charge is -2.05. The summed E-state index contributed by atoms with van der Waals surface area (Å²) in [6.07, 6.45) is 3.03. The molecule has 102 valence electrons. The fraction of sp³-hybridized carbons (Fsp3) is 0.0625. The summed E-state index contributed by atoms with van der Waals surface area (Å²) in [7, 11) is 0. The molecule has 4 heteroatoms. The predicted molar refractivity (Wildman–Crippen MR) is 85.3 cm³/mol. The quantitative estimate of drug-likeness (QED) is 0.798. The molecule has 0 atom stereocenters. The first-order chi connectivity index (χ1) is 9.58.